The lowest BCUT2D eigenvalue weighted by Gasteiger charge is -2.16. The molecule has 124 valence electrons. The van der Waals surface area contributed by atoms with Gasteiger partial charge in [-0.3, -0.25) is 0 Å². The summed E-state index contributed by atoms with van der Waals surface area (Å²) in [6.45, 7) is 6.83. The van der Waals surface area contributed by atoms with Crippen molar-refractivity contribution in [3.63, 3.8) is 0 Å². The van der Waals surface area contributed by atoms with Gasteiger partial charge in [-0.05, 0) is 30.5 Å². The lowest BCUT2D eigenvalue weighted by molar-refractivity contribution is 0.190. The molecule has 1 heterocycles. The van der Waals surface area contributed by atoms with Crippen molar-refractivity contribution in [2.75, 3.05) is 24.8 Å². The van der Waals surface area contributed by atoms with Gasteiger partial charge in [0.2, 0.25) is 5.88 Å². The zero-order valence-electron chi connectivity index (χ0n) is 14.0. The van der Waals surface area contributed by atoms with Crippen molar-refractivity contribution in [1.29, 1.82) is 0 Å². The summed E-state index contributed by atoms with van der Waals surface area (Å²) in [4.78, 5) is 8.27. The average molecular weight is 316 g/mol. The van der Waals surface area contributed by atoms with E-state index in [0.717, 1.165) is 0 Å². The van der Waals surface area contributed by atoms with Crippen LogP contribution in [0.1, 0.15) is 32.3 Å². The third-order valence-corrected chi connectivity index (χ3v) is 3.41. The summed E-state index contributed by atoms with van der Waals surface area (Å²) in [6.07, 6.45) is 1.43. The van der Waals surface area contributed by atoms with E-state index in [-0.39, 0.29) is 6.04 Å². The van der Waals surface area contributed by atoms with Crippen LogP contribution in [0.2, 0.25) is 0 Å². The van der Waals surface area contributed by atoms with Gasteiger partial charge >= 0.3 is 0 Å². The molecule has 0 amide bonds. The van der Waals surface area contributed by atoms with Gasteiger partial charge in [0, 0.05) is 13.2 Å². The van der Waals surface area contributed by atoms with Crippen molar-refractivity contribution in [1.82, 2.24) is 9.97 Å². The Hall–Kier alpha value is -2.34. The number of hydrogen-bond acceptors (Lipinski definition) is 6. The predicted molar refractivity (Wildman–Crippen MR) is 92.0 cm³/mol. The van der Waals surface area contributed by atoms with Gasteiger partial charge in [0.1, 0.15) is 17.8 Å². The molecule has 0 bridgehead atoms. The van der Waals surface area contributed by atoms with Crippen molar-refractivity contribution in [2.24, 2.45) is 0 Å². The Balaban J connectivity index is 2.13. The first-order chi connectivity index (χ1) is 11.0. The van der Waals surface area contributed by atoms with E-state index in [1.165, 1.54) is 11.9 Å². The summed E-state index contributed by atoms with van der Waals surface area (Å²) < 4.78 is 10.9. The molecule has 1 aromatic carbocycles. The van der Waals surface area contributed by atoms with Crippen LogP contribution in [0.4, 0.5) is 11.5 Å². The molecule has 0 aliphatic heterocycles. The van der Waals surface area contributed by atoms with E-state index in [2.05, 4.69) is 29.1 Å². The number of nitrogens with two attached hydrogens (primary N) is 1. The Kier molecular flexibility index (Phi) is 5.76. The minimum absolute atomic E-state index is 0.0791. The third-order valence-electron chi connectivity index (χ3n) is 3.41. The SMILES string of the molecule is COCC(C)Nc1ncnc(Oc2ccc(C(C)C)cc2)c1N. The molecule has 2 rings (SSSR count). The molecule has 0 radical (unpaired) electrons. The second kappa shape index (κ2) is 7.78. The first-order valence-electron chi connectivity index (χ1n) is 7.65. The van der Waals surface area contributed by atoms with Crippen LogP contribution in [0.25, 0.3) is 0 Å². The molecule has 0 aliphatic carbocycles. The van der Waals surface area contributed by atoms with Gasteiger partial charge in [0.25, 0.3) is 0 Å². The Labute approximate surface area is 137 Å². The first kappa shape index (κ1) is 17.0. The van der Waals surface area contributed by atoms with Crippen molar-refractivity contribution in [3.05, 3.63) is 36.2 Å². The molecule has 0 saturated heterocycles. The monoisotopic (exact) mass is 316 g/mol. The Bertz CT molecular complexity index is 629. The van der Waals surface area contributed by atoms with E-state index in [1.54, 1.807) is 7.11 Å². The maximum atomic E-state index is 6.10. The summed E-state index contributed by atoms with van der Waals surface area (Å²) >= 11 is 0. The number of nitrogens with one attached hydrogen (secondary N) is 1. The minimum atomic E-state index is 0.0791. The topological polar surface area (TPSA) is 82.3 Å². The smallest absolute Gasteiger partial charge is 0.248 e. The fraction of sp³-hybridized carbons (Fsp3) is 0.412. The highest BCUT2D eigenvalue weighted by Gasteiger charge is 2.12. The number of rotatable bonds is 7. The van der Waals surface area contributed by atoms with Crippen molar-refractivity contribution in [3.8, 4) is 11.6 Å². The molecule has 0 fully saturated rings. The maximum absolute atomic E-state index is 6.10. The highest BCUT2D eigenvalue weighted by atomic mass is 16.5. The van der Waals surface area contributed by atoms with Gasteiger partial charge in [0.05, 0.1) is 6.61 Å². The summed E-state index contributed by atoms with van der Waals surface area (Å²) in [6, 6.07) is 7.99. The quantitative estimate of drug-likeness (QED) is 0.814. The predicted octanol–water partition coefficient (Wildman–Crippen LogP) is 3.42. The molecule has 1 unspecified atom stereocenters. The molecule has 0 spiro atoms. The average Bonchev–Trinajstić information content (AvgIpc) is 2.52. The van der Waals surface area contributed by atoms with Crippen molar-refractivity contribution in [2.45, 2.75) is 32.7 Å². The molecular weight excluding hydrogens is 292 g/mol. The van der Waals surface area contributed by atoms with Gasteiger partial charge in [-0.15, -0.1) is 0 Å². The minimum Gasteiger partial charge on any atom is -0.437 e. The van der Waals surface area contributed by atoms with Gasteiger partial charge in [0.15, 0.2) is 5.82 Å². The summed E-state index contributed by atoms with van der Waals surface area (Å²) in [7, 11) is 1.65. The number of nitrogens with zero attached hydrogens (tertiary/aromatic N) is 2. The number of nitrogen functional groups attached to an aromatic ring is 1. The molecule has 0 aliphatic rings. The Morgan fingerprint density at radius 3 is 2.43 bits per heavy atom. The third kappa shape index (κ3) is 4.56. The van der Waals surface area contributed by atoms with E-state index < -0.39 is 0 Å². The number of aromatic nitrogens is 2. The molecule has 1 atom stereocenters. The molecule has 0 saturated carbocycles. The summed E-state index contributed by atoms with van der Waals surface area (Å²) in [5.41, 5.74) is 7.73. The van der Waals surface area contributed by atoms with Crippen LogP contribution in [-0.4, -0.2) is 29.7 Å². The van der Waals surface area contributed by atoms with Gasteiger partial charge < -0.3 is 20.5 Å². The van der Waals surface area contributed by atoms with Crippen LogP contribution in [0.3, 0.4) is 0 Å². The molecular formula is C17H24N4O2. The van der Waals surface area contributed by atoms with Crippen LogP contribution in [0, 0.1) is 0 Å². The summed E-state index contributed by atoms with van der Waals surface area (Å²) in [5.74, 6) is 2.05. The van der Waals surface area contributed by atoms with E-state index in [1.807, 2.05) is 31.2 Å². The Morgan fingerprint density at radius 1 is 1.13 bits per heavy atom. The normalized spacial score (nSPS) is 12.2. The number of anilines is 2. The summed E-state index contributed by atoms with van der Waals surface area (Å²) in [5, 5.41) is 3.18. The maximum Gasteiger partial charge on any atom is 0.248 e. The van der Waals surface area contributed by atoms with Crippen LogP contribution < -0.4 is 15.8 Å². The number of methoxy groups -OCH3 is 1. The van der Waals surface area contributed by atoms with E-state index in [4.69, 9.17) is 15.2 Å². The molecule has 2 aromatic rings. The molecule has 6 heteroatoms. The fourth-order valence-corrected chi connectivity index (χ4v) is 2.13. The number of hydrogen-bond donors (Lipinski definition) is 2. The molecule has 6 nitrogen and oxygen atoms in total. The van der Waals surface area contributed by atoms with Crippen LogP contribution in [0.5, 0.6) is 11.6 Å². The lowest BCUT2D eigenvalue weighted by Crippen LogP contribution is -2.22. The number of ether oxygens (including phenoxy) is 2. The second-order valence-corrected chi connectivity index (χ2v) is 5.77. The van der Waals surface area contributed by atoms with Crippen LogP contribution in [-0.2, 0) is 4.74 Å². The Morgan fingerprint density at radius 2 is 1.83 bits per heavy atom. The van der Waals surface area contributed by atoms with E-state index in [9.17, 15) is 0 Å². The molecule has 1 aromatic heterocycles. The van der Waals surface area contributed by atoms with Crippen LogP contribution in [0.15, 0.2) is 30.6 Å². The van der Waals surface area contributed by atoms with Gasteiger partial charge in [-0.25, -0.2) is 4.98 Å². The van der Waals surface area contributed by atoms with Crippen LogP contribution >= 0.6 is 0 Å². The molecule has 23 heavy (non-hydrogen) atoms. The van der Waals surface area contributed by atoms with Crippen molar-refractivity contribution >= 4 is 11.5 Å². The number of benzene rings is 1. The van der Waals surface area contributed by atoms with Gasteiger partial charge in [-0.2, -0.15) is 4.98 Å². The van der Waals surface area contributed by atoms with Crippen molar-refractivity contribution < 1.29 is 9.47 Å². The van der Waals surface area contributed by atoms with E-state index >= 15 is 0 Å². The zero-order chi connectivity index (χ0) is 16.8. The zero-order valence-corrected chi connectivity index (χ0v) is 14.0. The lowest BCUT2D eigenvalue weighted by atomic mass is 10.0. The van der Waals surface area contributed by atoms with Gasteiger partial charge in [-0.1, -0.05) is 26.0 Å². The van der Waals surface area contributed by atoms with E-state index in [0.29, 0.717) is 35.7 Å². The standard InChI is InChI=1S/C17H24N4O2/c1-11(2)13-5-7-14(8-6-13)23-17-15(18)16(19-10-20-17)21-12(3)9-22-4/h5-8,10-12H,9,18H2,1-4H3,(H,19,20,21). The highest BCUT2D eigenvalue weighted by Crippen LogP contribution is 2.30. The first-order valence-corrected chi connectivity index (χ1v) is 7.65. The largest absolute Gasteiger partial charge is 0.437 e. The second-order valence-electron chi connectivity index (χ2n) is 5.77. The fourth-order valence-electron chi connectivity index (χ4n) is 2.13. The highest BCUT2D eigenvalue weighted by molar-refractivity contribution is 5.67. The molecule has 3 N–H and O–H groups in total.